The molecular formula is C13H12N4O. The van der Waals surface area contributed by atoms with E-state index in [4.69, 9.17) is 5.84 Å². The molecule has 0 saturated heterocycles. The summed E-state index contributed by atoms with van der Waals surface area (Å²) in [6.45, 7) is 1.85. The van der Waals surface area contributed by atoms with Crippen LogP contribution in [0.1, 0.15) is 5.56 Å². The van der Waals surface area contributed by atoms with Gasteiger partial charge in [0.2, 0.25) is 5.56 Å². The van der Waals surface area contributed by atoms with Crippen LogP contribution in [0.3, 0.4) is 0 Å². The van der Waals surface area contributed by atoms with Crippen LogP contribution in [0.5, 0.6) is 0 Å². The Kier molecular flexibility index (Phi) is 2.19. The molecule has 5 heteroatoms. The van der Waals surface area contributed by atoms with Crippen LogP contribution in [0.15, 0.2) is 41.2 Å². The molecule has 0 aliphatic rings. The third-order valence-corrected chi connectivity index (χ3v) is 2.91. The normalized spacial score (nSPS) is 10.9. The molecule has 2 heterocycles. The summed E-state index contributed by atoms with van der Waals surface area (Å²) in [5.41, 5.74) is 2.81. The molecule has 0 aliphatic heterocycles. The topological polar surface area (TPSA) is 76.7 Å². The highest BCUT2D eigenvalue weighted by Crippen LogP contribution is 2.21. The van der Waals surface area contributed by atoms with Crippen LogP contribution in [-0.4, -0.2) is 14.6 Å². The molecule has 0 spiro atoms. The van der Waals surface area contributed by atoms with E-state index in [0.717, 1.165) is 16.6 Å². The third kappa shape index (κ3) is 1.48. The zero-order valence-corrected chi connectivity index (χ0v) is 9.84. The average molecular weight is 240 g/mol. The van der Waals surface area contributed by atoms with Crippen molar-refractivity contribution in [2.24, 2.45) is 0 Å². The number of nitrogens with one attached hydrogen (secondary N) is 1. The van der Waals surface area contributed by atoms with Gasteiger partial charge in [0.25, 0.3) is 0 Å². The Hall–Kier alpha value is -2.56. The number of hydrogen-bond donors (Lipinski definition) is 2. The van der Waals surface area contributed by atoms with Crippen molar-refractivity contribution in [3.63, 3.8) is 0 Å². The molecule has 0 amide bonds. The van der Waals surface area contributed by atoms with Crippen molar-refractivity contribution in [1.82, 2.24) is 14.6 Å². The Balaban J connectivity index is 2.37. The van der Waals surface area contributed by atoms with E-state index < -0.39 is 0 Å². The maximum absolute atomic E-state index is 11.5. The summed E-state index contributed by atoms with van der Waals surface area (Å²) < 4.78 is 1.42. The minimum Gasteiger partial charge on any atom is -0.336 e. The van der Waals surface area contributed by atoms with Crippen molar-refractivity contribution in [1.29, 1.82) is 0 Å². The highest BCUT2D eigenvalue weighted by molar-refractivity contribution is 5.79. The molecule has 5 nitrogen and oxygen atoms in total. The Bertz CT molecular complexity index is 771. The first-order valence-corrected chi connectivity index (χ1v) is 5.59. The van der Waals surface area contributed by atoms with Crippen molar-refractivity contribution >= 4 is 11.2 Å². The van der Waals surface area contributed by atoms with Crippen molar-refractivity contribution in [3.8, 4) is 11.4 Å². The van der Waals surface area contributed by atoms with Gasteiger partial charge in [-0.15, -0.1) is 0 Å². The molecular weight excluding hydrogens is 228 g/mol. The van der Waals surface area contributed by atoms with E-state index in [1.165, 1.54) is 10.7 Å². The summed E-state index contributed by atoms with van der Waals surface area (Å²) >= 11 is 0. The molecule has 18 heavy (non-hydrogen) atoms. The number of pyridine rings is 1. The Morgan fingerprint density at radius 2 is 2.00 bits per heavy atom. The number of benzene rings is 1. The number of aromatic nitrogens is 3. The molecule has 2 aromatic heterocycles. The zero-order chi connectivity index (χ0) is 12.7. The minimum absolute atomic E-state index is 0.175. The molecule has 0 bridgehead atoms. The summed E-state index contributed by atoms with van der Waals surface area (Å²) in [7, 11) is 0. The van der Waals surface area contributed by atoms with Crippen LogP contribution >= 0.6 is 0 Å². The van der Waals surface area contributed by atoms with E-state index >= 15 is 0 Å². The lowest BCUT2D eigenvalue weighted by Crippen LogP contribution is -2.14. The van der Waals surface area contributed by atoms with Crippen LogP contribution < -0.4 is 11.4 Å². The summed E-state index contributed by atoms with van der Waals surface area (Å²) in [5, 5.41) is 0. The maximum Gasteiger partial charge on any atom is 0.249 e. The van der Waals surface area contributed by atoms with Gasteiger partial charge in [-0.3, -0.25) is 4.79 Å². The highest BCUT2D eigenvalue weighted by atomic mass is 16.1. The van der Waals surface area contributed by atoms with Crippen LogP contribution in [0.25, 0.3) is 22.6 Å². The van der Waals surface area contributed by atoms with Crippen molar-refractivity contribution in [2.45, 2.75) is 6.92 Å². The fraction of sp³-hybridized carbons (Fsp3) is 0.0769. The molecule has 0 aliphatic carbocycles. The highest BCUT2D eigenvalue weighted by Gasteiger charge is 2.12. The van der Waals surface area contributed by atoms with Crippen LogP contribution in [-0.2, 0) is 0 Å². The maximum atomic E-state index is 11.5. The number of hydrogen-bond acceptors (Lipinski definition) is 3. The first-order chi connectivity index (χ1) is 8.66. The Morgan fingerprint density at radius 3 is 2.72 bits per heavy atom. The number of imidazole rings is 1. The minimum atomic E-state index is -0.175. The van der Waals surface area contributed by atoms with E-state index in [9.17, 15) is 4.79 Å². The molecule has 3 N–H and O–H groups in total. The molecule has 0 saturated carbocycles. The molecule has 3 rings (SSSR count). The van der Waals surface area contributed by atoms with Crippen molar-refractivity contribution in [3.05, 3.63) is 52.3 Å². The van der Waals surface area contributed by atoms with Gasteiger partial charge in [0.15, 0.2) is 11.5 Å². The molecule has 0 radical (unpaired) electrons. The molecule has 90 valence electrons. The number of nitrogens with zero attached hydrogens (tertiary/aromatic N) is 2. The summed E-state index contributed by atoms with van der Waals surface area (Å²) in [6.07, 6.45) is 0. The molecule has 1 aromatic carbocycles. The van der Waals surface area contributed by atoms with Gasteiger partial charge in [-0.05, 0) is 12.5 Å². The van der Waals surface area contributed by atoms with Gasteiger partial charge in [-0.1, -0.05) is 30.3 Å². The van der Waals surface area contributed by atoms with Gasteiger partial charge in [0.05, 0.1) is 0 Å². The van der Waals surface area contributed by atoms with Gasteiger partial charge >= 0.3 is 0 Å². The second kappa shape index (κ2) is 3.73. The van der Waals surface area contributed by atoms with Gasteiger partial charge in [0, 0.05) is 11.6 Å². The third-order valence-electron chi connectivity index (χ3n) is 2.91. The predicted molar refractivity (Wildman–Crippen MR) is 70.7 cm³/mol. The fourth-order valence-electron chi connectivity index (χ4n) is 2.04. The standard InChI is InChI=1S/C13H12N4O/c1-8-7-10(18)15-13-11(8)16-12(17(13)14)9-5-3-2-4-6-9/h2-7H,14H2,1H3,(H,15,18). The van der Waals surface area contributed by atoms with E-state index in [1.807, 2.05) is 37.3 Å². The van der Waals surface area contributed by atoms with Crippen LogP contribution in [0, 0.1) is 6.92 Å². The van der Waals surface area contributed by atoms with Crippen LogP contribution in [0.2, 0.25) is 0 Å². The number of aryl methyl sites for hydroxylation is 1. The molecule has 0 unspecified atom stereocenters. The predicted octanol–water partition coefficient (Wildman–Crippen LogP) is 1.41. The lowest BCUT2D eigenvalue weighted by Gasteiger charge is -2.01. The van der Waals surface area contributed by atoms with E-state index in [0.29, 0.717) is 11.5 Å². The summed E-state index contributed by atoms with van der Waals surface area (Å²) in [4.78, 5) is 18.6. The second-order valence-corrected chi connectivity index (χ2v) is 4.19. The molecule has 3 aromatic rings. The summed E-state index contributed by atoms with van der Waals surface area (Å²) in [6, 6.07) is 11.1. The Labute approximate surface area is 103 Å². The zero-order valence-electron chi connectivity index (χ0n) is 9.84. The first-order valence-electron chi connectivity index (χ1n) is 5.59. The van der Waals surface area contributed by atoms with E-state index in [2.05, 4.69) is 9.97 Å². The smallest absolute Gasteiger partial charge is 0.249 e. The monoisotopic (exact) mass is 240 g/mol. The Morgan fingerprint density at radius 1 is 1.28 bits per heavy atom. The molecule has 0 atom stereocenters. The first kappa shape index (κ1) is 10.6. The van der Waals surface area contributed by atoms with Gasteiger partial charge in [-0.2, -0.15) is 0 Å². The SMILES string of the molecule is Cc1cc(=O)[nH]c2c1nc(-c1ccccc1)n2N. The van der Waals surface area contributed by atoms with Crippen molar-refractivity contribution < 1.29 is 0 Å². The number of nitrogens with two attached hydrogens (primary N) is 1. The lowest BCUT2D eigenvalue weighted by atomic mass is 10.2. The van der Waals surface area contributed by atoms with Gasteiger partial charge in [0.1, 0.15) is 5.52 Å². The summed E-state index contributed by atoms with van der Waals surface area (Å²) in [5.74, 6) is 6.63. The number of aromatic amines is 1. The van der Waals surface area contributed by atoms with Crippen LogP contribution in [0.4, 0.5) is 0 Å². The van der Waals surface area contributed by atoms with Gasteiger partial charge in [-0.25, -0.2) is 9.66 Å². The number of fused-ring (bicyclic) bond motifs is 1. The largest absolute Gasteiger partial charge is 0.336 e. The average Bonchev–Trinajstić information content (AvgIpc) is 2.69. The fourth-order valence-corrected chi connectivity index (χ4v) is 2.04. The van der Waals surface area contributed by atoms with Gasteiger partial charge < -0.3 is 10.8 Å². The second-order valence-electron chi connectivity index (χ2n) is 4.19. The number of H-pyrrole nitrogens is 1. The number of nitrogen functional groups attached to an aromatic ring is 1. The quantitative estimate of drug-likeness (QED) is 0.631. The number of rotatable bonds is 1. The van der Waals surface area contributed by atoms with E-state index in [-0.39, 0.29) is 5.56 Å². The van der Waals surface area contributed by atoms with E-state index in [1.54, 1.807) is 0 Å². The molecule has 0 fully saturated rings. The lowest BCUT2D eigenvalue weighted by molar-refractivity contribution is 1.02. The van der Waals surface area contributed by atoms with Crippen molar-refractivity contribution in [2.75, 3.05) is 5.84 Å².